The maximum Gasteiger partial charge on any atom is 0.274 e. The van der Waals surface area contributed by atoms with E-state index < -0.39 is 17.4 Å². The summed E-state index contributed by atoms with van der Waals surface area (Å²) in [6, 6.07) is 13.3. The zero-order chi connectivity index (χ0) is 23.0. The van der Waals surface area contributed by atoms with E-state index in [0.717, 1.165) is 25.8 Å². The predicted octanol–water partition coefficient (Wildman–Crippen LogP) is 5.29. The molecule has 0 bridgehead atoms. The Bertz CT molecular complexity index is 1430. The van der Waals surface area contributed by atoms with Gasteiger partial charge in [-0.25, -0.2) is 9.38 Å². The molecule has 0 spiro atoms. The van der Waals surface area contributed by atoms with Gasteiger partial charge in [0, 0.05) is 32.6 Å². The topological polar surface area (TPSA) is 92.6 Å². The Morgan fingerprint density at radius 3 is 2.44 bits per heavy atom. The van der Waals surface area contributed by atoms with Crippen LogP contribution in [0, 0.1) is 13.8 Å². The Hall–Kier alpha value is -3.01. The first-order chi connectivity index (χ1) is 15.2. The Labute approximate surface area is 200 Å². The number of aromatic nitrogens is 2. The van der Waals surface area contributed by atoms with Crippen molar-refractivity contribution in [3.63, 3.8) is 0 Å². The van der Waals surface area contributed by atoms with Gasteiger partial charge in [-0.1, -0.05) is 38.9 Å². The van der Waals surface area contributed by atoms with Gasteiger partial charge in [0.2, 0.25) is 0 Å². The fraction of sp³-hybridized carbons (Fsp3) is 0.0909. The molecule has 4 rings (SSSR count). The molecular formula is C22H16BrClN4O3S. The van der Waals surface area contributed by atoms with Crippen LogP contribution in [0.5, 0.6) is 0 Å². The molecule has 0 aliphatic rings. The van der Waals surface area contributed by atoms with E-state index in [1.165, 1.54) is 6.07 Å². The molecule has 0 aliphatic carbocycles. The van der Waals surface area contributed by atoms with Crippen LogP contribution < -0.4 is 16.2 Å². The first kappa shape index (κ1) is 22.2. The van der Waals surface area contributed by atoms with Gasteiger partial charge < -0.3 is 10.6 Å². The number of carbonyl (C=O) groups excluding carboxylic acids is 2. The summed E-state index contributed by atoms with van der Waals surface area (Å²) < 4.78 is 2.01. The Kier molecular flexibility index (Phi) is 6.14. The van der Waals surface area contributed by atoms with E-state index in [9.17, 15) is 14.4 Å². The molecule has 0 saturated heterocycles. The molecule has 0 unspecified atom stereocenters. The summed E-state index contributed by atoms with van der Waals surface area (Å²) in [7, 11) is 0. The van der Waals surface area contributed by atoms with Crippen molar-refractivity contribution in [3.05, 3.63) is 90.2 Å². The molecular weight excluding hydrogens is 516 g/mol. The summed E-state index contributed by atoms with van der Waals surface area (Å²) in [5.74, 6) is -1.12. The quantitative estimate of drug-likeness (QED) is 0.374. The summed E-state index contributed by atoms with van der Waals surface area (Å²) in [6.07, 6.45) is 0. The molecule has 0 saturated carbocycles. The minimum Gasteiger partial charge on any atom is -0.321 e. The highest BCUT2D eigenvalue weighted by Crippen LogP contribution is 2.26. The van der Waals surface area contributed by atoms with Gasteiger partial charge in [0.1, 0.15) is 10.6 Å². The van der Waals surface area contributed by atoms with Gasteiger partial charge in [-0.05, 0) is 61.9 Å². The van der Waals surface area contributed by atoms with Crippen molar-refractivity contribution in [3.8, 4) is 0 Å². The van der Waals surface area contributed by atoms with Crippen LogP contribution in [-0.4, -0.2) is 21.2 Å². The molecule has 0 radical (unpaired) electrons. The summed E-state index contributed by atoms with van der Waals surface area (Å²) in [4.78, 5) is 43.7. The molecule has 162 valence electrons. The normalized spacial score (nSPS) is 10.9. The van der Waals surface area contributed by atoms with Gasteiger partial charge in [0.25, 0.3) is 17.4 Å². The lowest BCUT2D eigenvalue weighted by Crippen LogP contribution is -2.25. The van der Waals surface area contributed by atoms with E-state index in [-0.39, 0.29) is 15.5 Å². The number of anilines is 2. The number of halogens is 2. The summed E-state index contributed by atoms with van der Waals surface area (Å²) in [6.45, 7) is 3.49. The van der Waals surface area contributed by atoms with Crippen LogP contribution in [0.2, 0.25) is 5.02 Å². The molecule has 2 heterocycles. The summed E-state index contributed by atoms with van der Waals surface area (Å²) in [5, 5.41) is 6.09. The van der Waals surface area contributed by atoms with Crippen LogP contribution in [0.1, 0.15) is 31.4 Å². The van der Waals surface area contributed by atoms with Crippen LogP contribution in [0.4, 0.5) is 11.4 Å². The number of hydrogen-bond acceptors (Lipinski definition) is 5. The van der Waals surface area contributed by atoms with Crippen LogP contribution in [0.25, 0.3) is 4.96 Å². The number of fused-ring (bicyclic) bond motifs is 1. The van der Waals surface area contributed by atoms with Gasteiger partial charge in [0.05, 0.1) is 0 Å². The van der Waals surface area contributed by atoms with Crippen LogP contribution >= 0.6 is 38.9 Å². The van der Waals surface area contributed by atoms with Crippen molar-refractivity contribution in [2.75, 3.05) is 10.6 Å². The number of benzene rings is 2. The number of amides is 2. The molecule has 10 heteroatoms. The fourth-order valence-electron chi connectivity index (χ4n) is 3.11. The number of aryl methyl sites for hydroxylation is 2. The molecule has 0 atom stereocenters. The number of carbonyl (C=O) groups is 2. The van der Waals surface area contributed by atoms with Gasteiger partial charge in [-0.2, -0.15) is 0 Å². The molecule has 0 aliphatic heterocycles. The number of nitrogens with one attached hydrogen (secondary N) is 2. The maximum atomic E-state index is 13.2. The van der Waals surface area contributed by atoms with Crippen LogP contribution in [0.3, 0.4) is 0 Å². The highest BCUT2D eigenvalue weighted by molar-refractivity contribution is 9.10. The third kappa shape index (κ3) is 4.45. The first-order valence-corrected chi connectivity index (χ1v) is 11.4. The van der Waals surface area contributed by atoms with Gasteiger partial charge >= 0.3 is 0 Å². The van der Waals surface area contributed by atoms with Crippen LogP contribution in [0.15, 0.2) is 57.8 Å². The predicted molar refractivity (Wildman–Crippen MR) is 130 cm³/mol. The molecule has 0 fully saturated rings. The number of thiazole rings is 1. The minimum atomic E-state index is -0.593. The lowest BCUT2D eigenvalue weighted by atomic mass is 10.2. The van der Waals surface area contributed by atoms with E-state index in [1.54, 1.807) is 49.4 Å². The summed E-state index contributed by atoms with van der Waals surface area (Å²) in [5.41, 5.74) is 1.81. The van der Waals surface area contributed by atoms with Crippen molar-refractivity contribution in [2.24, 2.45) is 0 Å². The average molecular weight is 532 g/mol. The Morgan fingerprint density at radius 2 is 1.75 bits per heavy atom. The van der Waals surface area contributed by atoms with Crippen molar-refractivity contribution < 1.29 is 9.59 Å². The number of nitrogens with zero attached hydrogens (tertiary/aromatic N) is 2. The maximum absolute atomic E-state index is 13.2. The third-order valence-corrected chi connectivity index (χ3v) is 6.41. The Balaban J connectivity index is 1.79. The zero-order valence-corrected chi connectivity index (χ0v) is 20.1. The third-order valence-electron chi connectivity index (χ3n) is 4.61. The van der Waals surface area contributed by atoms with Crippen molar-refractivity contribution >= 4 is 67.0 Å². The highest BCUT2D eigenvalue weighted by atomic mass is 79.9. The van der Waals surface area contributed by atoms with Crippen LogP contribution in [-0.2, 0) is 0 Å². The van der Waals surface area contributed by atoms with E-state index in [1.807, 2.05) is 6.92 Å². The van der Waals surface area contributed by atoms with E-state index >= 15 is 0 Å². The SMILES string of the molecule is Cc1cc(=O)n2c(C(=O)Nc3ccc(Br)cc3)c(C(=O)Nc3ccc(Cl)cc3C)sc2n1. The standard InChI is InChI=1S/C22H16BrClN4O3S/c1-11-9-14(24)5-8-16(11)27-21(31)19-18(20(30)26-15-6-3-13(23)4-7-15)28-17(29)10-12(2)25-22(28)32-19/h3-10H,1-2H3,(H,26,30)(H,27,31). The smallest absolute Gasteiger partial charge is 0.274 e. The lowest BCUT2D eigenvalue weighted by molar-refractivity contribution is 0.0989. The lowest BCUT2D eigenvalue weighted by Gasteiger charge is -2.10. The molecule has 2 N–H and O–H groups in total. The molecule has 2 amide bonds. The second-order valence-electron chi connectivity index (χ2n) is 7.01. The molecule has 2 aromatic carbocycles. The van der Waals surface area contributed by atoms with Crippen molar-refractivity contribution in [2.45, 2.75) is 13.8 Å². The second kappa shape index (κ2) is 8.85. The highest BCUT2D eigenvalue weighted by Gasteiger charge is 2.26. The molecule has 2 aromatic heterocycles. The monoisotopic (exact) mass is 530 g/mol. The fourth-order valence-corrected chi connectivity index (χ4v) is 4.67. The van der Waals surface area contributed by atoms with E-state index in [2.05, 4.69) is 31.5 Å². The first-order valence-electron chi connectivity index (χ1n) is 9.40. The van der Waals surface area contributed by atoms with Crippen molar-refractivity contribution in [1.82, 2.24) is 9.38 Å². The van der Waals surface area contributed by atoms with Gasteiger partial charge in [-0.3, -0.25) is 14.4 Å². The molecule has 4 aromatic rings. The number of hydrogen-bond donors (Lipinski definition) is 2. The Morgan fingerprint density at radius 1 is 1.03 bits per heavy atom. The van der Waals surface area contributed by atoms with Crippen molar-refractivity contribution in [1.29, 1.82) is 0 Å². The summed E-state index contributed by atoms with van der Waals surface area (Å²) >= 11 is 10.3. The minimum absolute atomic E-state index is 0.0733. The van der Waals surface area contributed by atoms with Gasteiger partial charge in [0.15, 0.2) is 4.96 Å². The van der Waals surface area contributed by atoms with E-state index in [4.69, 9.17) is 11.6 Å². The second-order valence-corrected chi connectivity index (χ2v) is 9.34. The largest absolute Gasteiger partial charge is 0.321 e. The molecule has 32 heavy (non-hydrogen) atoms. The molecule has 7 nitrogen and oxygen atoms in total. The number of rotatable bonds is 4. The average Bonchev–Trinajstić information content (AvgIpc) is 3.11. The van der Waals surface area contributed by atoms with Gasteiger partial charge in [-0.15, -0.1) is 0 Å². The van der Waals surface area contributed by atoms with E-state index in [0.29, 0.717) is 22.1 Å². The zero-order valence-electron chi connectivity index (χ0n) is 16.9.